The van der Waals surface area contributed by atoms with E-state index in [0.29, 0.717) is 5.75 Å². The van der Waals surface area contributed by atoms with Crippen LogP contribution in [0.4, 0.5) is 0 Å². The average molecular weight is 252 g/mol. The Labute approximate surface area is 103 Å². The molecule has 1 aromatic rings. The van der Waals surface area contributed by atoms with Gasteiger partial charge in [0.2, 0.25) is 0 Å². The molecule has 2 rings (SSSR count). The van der Waals surface area contributed by atoms with Gasteiger partial charge in [0, 0.05) is 12.0 Å². The zero-order chi connectivity index (χ0) is 12.4. The van der Waals surface area contributed by atoms with Crippen molar-refractivity contribution in [2.45, 2.75) is 6.42 Å². The first-order valence-electron chi connectivity index (χ1n) is 4.99. The summed E-state index contributed by atoms with van der Waals surface area (Å²) in [6, 6.07) is 7.28. The number of rotatable bonds is 3. The maximum Gasteiger partial charge on any atom is 0.270 e. The van der Waals surface area contributed by atoms with Crippen molar-refractivity contribution in [3.05, 3.63) is 40.4 Å². The second-order valence-corrected chi connectivity index (χ2v) is 3.94. The van der Waals surface area contributed by atoms with Gasteiger partial charge in [0.05, 0.1) is 7.11 Å². The third-order valence-electron chi connectivity index (χ3n) is 2.53. The van der Waals surface area contributed by atoms with Crippen LogP contribution in [0, 0.1) is 0 Å². The molecule has 0 aromatic heterocycles. The molecule has 0 saturated heterocycles. The minimum atomic E-state index is -0.540. The Hall–Kier alpha value is -1.81. The Kier molecular flexibility index (Phi) is 3.15. The second-order valence-electron chi connectivity index (χ2n) is 3.56. The number of carbonyl (C=O) groups is 2. The van der Waals surface area contributed by atoms with Crippen LogP contribution in [0.3, 0.4) is 0 Å². The molecule has 0 aliphatic carbocycles. The summed E-state index contributed by atoms with van der Waals surface area (Å²) in [5, 5.41) is 2.11. The number of ether oxygens (including phenoxy) is 1. The van der Waals surface area contributed by atoms with E-state index in [9.17, 15) is 9.59 Å². The maximum absolute atomic E-state index is 11.5. The second kappa shape index (κ2) is 4.59. The number of hydrogen-bond acceptors (Lipinski definition) is 3. The van der Waals surface area contributed by atoms with Crippen molar-refractivity contribution < 1.29 is 14.3 Å². The molecule has 1 aliphatic heterocycles. The van der Waals surface area contributed by atoms with Crippen LogP contribution in [0.15, 0.2) is 34.9 Å². The van der Waals surface area contributed by atoms with Gasteiger partial charge < -0.3 is 4.74 Å². The van der Waals surface area contributed by atoms with Gasteiger partial charge in [-0.1, -0.05) is 29.8 Å². The first kappa shape index (κ1) is 11.7. The van der Waals surface area contributed by atoms with E-state index in [1.54, 1.807) is 13.2 Å². The highest BCUT2D eigenvalue weighted by Crippen LogP contribution is 2.25. The van der Waals surface area contributed by atoms with E-state index in [4.69, 9.17) is 16.3 Å². The Morgan fingerprint density at radius 1 is 1.24 bits per heavy atom. The molecular formula is C12H10ClNO3. The lowest BCUT2D eigenvalue weighted by Crippen LogP contribution is -2.23. The molecule has 2 amide bonds. The topological polar surface area (TPSA) is 55.4 Å². The SMILES string of the molecule is COc1ccccc1CC1=C(Cl)C(=O)NC1=O. The molecule has 1 heterocycles. The molecule has 0 unspecified atom stereocenters. The summed E-state index contributed by atoms with van der Waals surface area (Å²) in [5.41, 5.74) is 1.09. The smallest absolute Gasteiger partial charge is 0.270 e. The zero-order valence-electron chi connectivity index (χ0n) is 9.12. The van der Waals surface area contributed by atoms with E-state index < -0.39 is 11.8 Å². The van der Waals surface area contributed by atoms with E-state index in [1.807, 2.05) is 18.2 Å². The summed E-state index contributed by atoms with van der Waals surface area (Å²) in [6.07, 6.45) is 0.278. The summed E-state index contributed by atoms with van der Waals surface area (Å²) in [5.74, 6) is -0.316. The molecule has 5 heteroatoms. The number of para-hydroxylation sites is 1. The van der Waals surface area contributed by atoms with Gasteiger partial charge in [-0.15, -0.1) is 0 Å². The molecular weight excluding hydrogens is 242 g/mol. The van der Waals surface area contributed by atoms with E-state index in [0.717, 1.165) is 5.56 Å². The Morgan fingerprint density at radius 2 is 1.94 bits per heavy atom. The zero-order valence-corrected chi connectivity index (χ0v) is 9.88. The van der Waals surface area contributed by atoms with Crippen LogP contribution in [-0.4, -0.2) is 18.9 Å². The van der Waals surface area contributed by atoms with Crippen LogP contribution >= 0.6 is 11.6 Å². The normalized spacial score (nSPS) is 15.2. The van der Waals surface area contributed by atoms with Crippen molar-refractivity contribution in [2.24, 2.45) is 0 Å². The van der Waals surface area contributed by atoms with E-state index in [1.165, 1.54) is 0 Å². The number of benzene rings is 1. The third kappa shape index (κ3) is 2.17. The van der Waals surface area contributed by atoms with Crippen LogP contribution < -0.4 is 10.1 Å². The lowest BCUT2D eigenvalue weighted by atomic mass is 10.0. The molecule has 1 aliphatic rings. The number of carbonyl (C=O) groups excluding carboxylic acids is 2. The van der Waals surface area contributed by atoms with Crippen LogP contribution in [-0.2, 0) is 16.0 Å². The molecule has 0 atom stereocenters. The van der Waals surface area contributed by atoms with Crippen molar-refractivity contribution in [3.63, 3.8) is 0 Å². The predicted molar refractivity (Wildman–Crippen MR) is 62.7 cm³/mol. The first-order valence-corrected chi connectivity index (χ1v) is 5.37. The highest BCUT2D eigenvalue weighted by molar-refractivity contribution is 6.48. The Bertz CT molecular complexity index is 522. The fourth-order valence-electron chi connectivity index (χ4n) is 1.67. The van der Waals surface area contributed by atoms with Gasteiger partial charge in [0.1, 0.15) is 10.8 Å². The highest BCUT2D eigenvalue weighted by Gasteiger charge is 2.29. The highest BCUT2D eigenvalue weighted by atomic mass is 35.5. The van der Waals surface area contributed by atoms with Crippen LogP contribution in [0.5, 0.6) is 5.75 Å². The van der Waals surface area contributed by atoms with Gasteiger partial charge >= 0.3 is 0 Å². The number of amides is 2. The Morgan fingerprint density at radius 3 is 2.53 bits per heavy atom. The summed E-state index contributed by atoms with van der Waals surface area (Å²) < 4.78 is 5.17. The van der Waals surface area contributed by atoms with Gasteiger partial charge in [0.15, 0.2) is 0 Å². The molecule has 0 saturated carbocycles. The van der Waals surface area contributed by atoms with Crippen molar-refractivity contribution in [2.75, 3.05) is 7.11 Å². The largest absolute Gasteiger partial charge is 0.496 e. The fraction of sp³-hybridized carbons (Fsp3) is 0.167. The number of imide groups is 1. The van der Waals surface area contributed by atoms with Gasteiger partial charge in [-0.25, -0.2) is 0 Å². The molecule has 0 fully saturated rings. The van der Waals surface area contributed by atoms with Crippen molar-refractivity contribution >= 4 is 23.4 Å². The van der Waals surface area contributed by atoms with Crippen molar-refractivity contribution in [1.82, 2.24) is 5.32 Å². The molecule has 0 bridgehead atoms. The van der Waals surface area contributed by atoms with E-state index >= 15 is 0 Å². The quantitative estimate of drug-likeness (QED) is 0.826. The minimum Gasteiger partial charge on any atom is -0.496 e. The molecule has 1 N–H and O–H groups in total. The fourth-order valence-corrected chi connectivity index (χ4v) is 1.87. The Balaban J connectivity index is 2.33. The number of nitrogens with one attached hydrogen (secondary N) is 1. The maximum atomic E-state index is 11.5. The van der Waals surface area contributed by atoms with Gasteiger partial charge in [-0.05, 0) is 11.6 Å². The summed E-state index contributed by atoms with van der Waals surface area (Å²) in [6.45, 7) is 0. The standard InChI is InChI=1S/C12H10ClNO3/c1-17-9-5-3-2-4-7(9)6-8-10(13)12(16)14-11(8)15/h2-5H,6H2,1H3,(H,14,15,16). The first-order chi connectivity index (χ1) is 8.13. The lowest BCUT2D eigenvalue weighted by molar-refractivity contribution is -0.124. The number of halogens is 1. The van der Waals surface area contributed by atoms with Crippen LogP contribution in [0.1, 0.15) is 5.56 Å². The molecule has 4 nitrogen and oxygen atoms in total. The van der Waals surface area contributed by atoms with Gasteiger partial charge in [0.25, 0.3) is 11.8 Å². The average Bonchev–Trinajstić information content (AvgIpc) is 2.57. The molecule has 0 spiro atoms. The number of methoxy groups -OCH3 is 1. The van der Waals surface area contributed by atoms with Crippen LogP contribution in [0.25, 0.3) is 0 Å². The molecule has 88 valence electrons. The lowest BCUT2D eigenvalue weighted by Gasteiger charge is -2.07. The van der Waals surface area contributed by atoms with Crippen molar-refractivity contribution in [3.8, 4) is 5.75 Å². The van der Waals surface area contributed by atoms with E-state index in [-0.39, 0.29) is 17.0 Å². The summed E-state index contributed by atoms with van der Waals surface area (Å²) in [7, 11) is 1.55. The summed E-state index contributed by atoms with van der Waals surface area (Å²) >= 11 is 5.77. The third-order valence-corrected chi connectivity index (χ3v) is 2.92. The minimum absolute atomic E-state index is 0.0408. The van der Waals surface area contributed by atoms with Crippen molar-refractivity contribution in [1.29, 1.82) is 0 Å². The predicted octanol–water partition coefficient (Wildman–Crippen LogP) is 1.39. The molecule has 17 heavy (non-hydrogen) atoms. The summed E-state index contributed by atoms with van der Waals surface area (Å²) in [4.78, 5) is 22.7. The molecule has 0 radical (unpaired) electrons. The van der Waals surface area contributed by atoms with Gasteiger partial charge in [-0.3, -0.25) is 14.9 Å². The molecule has 1 aromatic carbocycles. The monoisotopic (exact) mass is 251 g/mol. The van der Waals surface area contributed by atoms with Gasteiger partial charge in [-0.2, -0.15) is 0 Å². The van der Waals surface area contributed by atoms with E-state index in [2.05, 4.69) is 5.32 Å². The van der Waals surface area contributed by atoms with Crippen LogP contribution in [0.2, 0.25) is 0 Å². The number of hydrogen-bond donors (Lipinski definition) is 1.